The van der Waals surface area contributed by atoms with Crippen LogP contribution in [0, 0.1) is 0 Å². The number of rotatable bonds is 10. The SMILES string of the molecule is Cl.Cl.OCCNCCNCc1ccc(OCc2ccccc2)c(Cl)c1. The number of halogens is 3. The molecule has 2 aromatic carbocycles. The van der Waals surface area contributed by atoms with E-state index in [0.29, 0.717) is 23.9 Å². The van der Waals surface area contributed by atoms with Gasteiger partial charge in [0.05, 0.1) is 11.6 Å². The summed E-state index contributed by atoms with van der Waals surface area (Å²) in [7, 11) is 0. The minimum atomic E-state index is 0. The van der Waals surface area contributed by atoms with E-state index in [0.717, 1.165) is 30.8 Å². The Morgan fingerprint density at radius 3 is 2.28 bits per heavy atom. The maximum atomic E-state index is 8.66. The van der Waals surface area contributed by atoms with Gasteiger partial charge in [0.15, 0.2) is 0 Å². The van der Waals surface area contributed by atoms with Crippen LogP contribution in [-0.4, -0.2) is 31.3 Å². The minimum absolute atomic E-state index is 0. The fourth-order valence-corrected chi connectivity index (χ4v) is 2.38. The summed E-state index contributed by atoms with van der Waals surface area (Å²) in [4.78, 5) is 0. The van der Waals surface area contributed by atoms with Gasteiger partial charge in [-0.25, -0.2) is 0 Å². The van der Waals surface area contributed by atoms with E-state index in [1.807, 2.05) is 48.5 Å². The maximum absolute atomic E-state index is 8.66. The van der Waals surface area contributed by atoms with Gasteiger partial charge in [-0.2, -0.15) is 0 Å². The van der Waals surface area contributed by atoms with Crippen LogP contribution < -0.4 is 15.4 Å². The number of hydrogen-bond donors (Lipinski definition) is 3. The maximum Gasteiger partial charge on any atom is 0.138 e. The number of nitrogens with one attached hydrogen (secondary N) is 2. The Kier molecular flexibility index (Phi) is 13.6. The molecular weight excluding hydrogens is 383 g/mol. The first-order valence-corrected chi connectivity index (χ1v) is 8.15. The third-order valence-electron chi connectivity index (χ3n) is 3.33. The molecule has 0 saturated carbocycles. The second kappa shape index (κ2) is 14.2. The van der Waals surface area contributed by atoms with E-state index in [-0.39, 0.29) is 31.4 Å². The predicted molar refractivity (Wildman–Crippen MR) is 108 cm³/mol. The Balaban J connectivity index is 0.00000288. The van der Waals surface area contributed by atoms with Gasteiger partial charge < -0.3 is 20.5 Å². The third-order valence-corrected chi connectivity index (χ3v) is 3.63. The van der Waals surface area contributed by atoms with Crippen LogP contribution in [0.15, 0.2) is 48.5 Å². The smallest absolute Gasteiger partial charge is 0.138 e. The molecule has 7 heteroatoms. The lowest BCUT2D eigenvalue weighted by Gasteiger charge is -2.10. The molecule has 0 saturated heterocycles. The Morgan fingerprint density at radius 2 is 1.60 bits per heavy atom. The lowest BCUT2D eigenvalue weighted by atomic mass is 10.2. The van der Waals surface area contributed by atoms with Gasteiger partial charge in [-0.15, -0.1) is 24.8 Å². The second-order valence-corrected chi connectivity index (χ2v) is 5.60. The zero-order valence-electron chi connectivity index (χ0n) is 13.9. The highest BCUT2D eigenvalue weighted by molar-refractivity contribution is 6.32. The molecule has 0 atom stereocenters. The lowest BCUT2D eigenvalue weighted by molar-refractivity contribution is 0.292. The average Bonchev–Trinajstić information content (AvgIpc) is 2.58. The molecule has 0 radical (unpaired) electrons. The Hall–Kier alpha value is -1.01. The van der Waals surface area contributed by atoms with Crippen LogP contribution in [0.4, 0.5) is 0 Å². The van der Waals surface area contributed by atoms with Crippen molar-refractivity contribution in [2.75, 3.05) is 26.2 Å². The Morgan fingerprint density at radius 1 is 0.880 bits per heavy atom. The van der Waals surface area contributed by atoms with Crippen molar-refractivity contribution < 1.29 is 9.84 Å². The summed E-state index contributed by atoms with van der Waals surface area (Å²) in [6, 6.07) is 15.9. The fourth-order valence-electron chi connectivity index (χ4n) is 2.12. The molecule has 2 aromatic rings. The van der Waals surface area contributed by atoms with Crippen molar-refractivity contribution in [1.82, 2.24) is 10.6 Å². The van der Waals surface area contributed by atoms with E-state index < -0.39 is 0 Å². The van der Waals surface area contributed by atoms with Crippen LogP contribution >= 0.6 is 36.4 Å². The van der Waals surface area contributed by atoms with E-state index in [2.05, 4.69) is 10.6 Å². The quantitative estimate of drug-likeness (QED) is 0.528. The van der Waals surface area contributed by atoms with E-state index in [1.54, 1.807) is 0 Å². The number of aliphatic hydroxyl groups is 1. The topological polar surface area (TPSA) is 53.5 Å². The van der Waals surface area contributed by atoms with Gasteiger partial charge in [0.2, 0.25) is 0 Å². The molecule has 0 heterocycles. The monoisotopic (exact) mass is 406 g/mol. The van der Waals surface area contributed by atoms with Gasteiger partial charge in [-0.1, -0.05) is 48.0 Å². The van der Waals surface area contributed by atoms with E-state index in [1.165, 1.54) is 0 Å². The van der Waals surface area contributed by atoms with Crippen molar-refractivity contribution >= 4 is 36.4 Å². The summed E-state index contributed by atoms with van der Waals surface area (Å²) < 4.78 is 5.76. The van der Waals surface area contributed by atoms with E-state index in [4.69, 9.17) is 21.4 Å². The number of benzene rings is 2. The molecule has 0 unspecified atom stereocenters. The first-order chi connectivity index (χ1) is 11.3. The Labute approximate surface area is 166 Å². The van der Waals surface area contributed by atoms with Gasteiger partial charge in [0.25, 0.3) is 0 Å². The van der Waals surface area contributed by atoms with Crippen LogP contribution in [0.3, 0.4) is 0 Å². The van der Waals surface area contributed by atoms with Gasteiger partial charge in [0.1, 0.15) is 12.4 Å². The molecule has 25 heavy (non-hydrogen) atoms. The minimum Gasteiger partial charge on any atom is -0.487 e. The first-order valence-electron chi connectivity index (χ1n) is 7.77. The molecule has 0 aliphatic rings. The first kappa shape index (κ1) is 24.0. The highest BCUT2D eigenvalue weighted by Crippen LogP contribution is 2.26. The molecular formula is C18H25Cl3N2O2. The van der Waals surface area contributed by atoms with Crippen molar-refractivity contribution in [2.24, 2.45) is 0 Å². The summed E-state index contributed by atoms with van der Waals surface area (Å²) >= 11 is 6.28. The molecule has 2 rings (SSSR count). The molecule has 0 aromatic heterocycles. The average molecular weight is 408 g/mol. The van der Waals surface area contributed by atoms with Crippen molar-refractivity contribution in [1.29, 1.82) is 0 Å². The molecule has 3 N–H and O–H groups in total. The fraction of sp³-hybridized carbons (Fsp3) is 0.333. The summed E-state index contributed by atoms with van der Waals surface area (Å²) in [6.07, 6.45) is 0. The molecule has 0 fully saturated rings. The summed E-state index contributed by atoms with van der Waals surface area (Å²) in [5.41, 5.74) is 2.23. The highest BCUT2D eigenvalue weighted by atomic mass is 35.5. The van der Waals surface area contributed by atoms with Crippen molar-refractivity contribution in [3.05, 3.63) is 64.7 Å². The zero-order chi connectivity index (χ0) is 16.3. The van der Waals surface area contributed by atoms with Crippen LogP contribution in [0.1, 0.15) is 11.1 Å². The Bertz CT molecular complexity index is 586. The molecule has 0 bridgehead atoms. The normalized spacial score (nSPS) is 9.84. The van der Waals surface area contributed by atoms with Gasteiger partial charge >= 0.3 is 0 Å². The van der Waals surface area contributed by atoms with Gasteiger partial charge in [-0.3, -0.25) is 0 Å². The number of aliphatic hydroxyl groups excluding tert-OH is 1. The van der Waals surface area contributed by atoms with Crippen LogP contribution in [0.25, 0.3) is 0 Å². The zero-order valence-corrected chi connectivity index (χ0v) is 16.3. The molecule has 140 valence electrons. The number of ether oxygens (including phenoxy) is 1. The standard InChI is InChI=1S/C18H23ClN2O2.2ClH/c19-17-12-16(13-21-9-8-20-10-11-22)6-7-18(17)23-14-15-4-2-1-3-5-15;;/h1-7,12,20-22H,8-11,13-14H2;2*1H. The number of hydrogen-bond acceptors (Lipinski definition) is 4. The molecule has 0 aliphatic carbocycles. The van der Waals surface area contributed by atoms with Crippen molar-refractivity contribution in [2.45, 2.75) is 13.2 Å². The highest BCUT2D eigenvalue weighted by Gasteiger charge is 2.04. The van der Waals surface area contributed by atoms with E-state index in [9.17, 15) is 0 Å². The largest absolute Gasteiger partial charge is 0.487 e. The third kappa shape index (κ3) is 9.31. The molecule has 0 amide bonds. The second-order valence-electron chi connectivity index (χ2n) is 5.19. The van der Waals surface area contributed by atoms with Crippen LogP contribution in [0.2, 0.25) is 5.02 Å². The van der Waals surface area contributed by atoms with Crippen LogP contribution in [0.5, 0.6) is 5.75 Å². The van der Waals surface area contributed by atoms with E-state index >= 15 is 0 Å². The van der Waals surface area contributed by atoms with Gasteiger partial charge in [0, 0.05) is 26.2 Å². The predicted octanol–water partition coefficient (Wildman–Crippen LogP) is 3.43. The lowest BCUT2D eigenvalue weighted by Crippen LogP contribution is -2.28. The molecule has 0 aliphatic heterocycles. The summed E-state index contributed by atoms with van der Waals surface area (Å²) in [5, 5.41) is 15.7. The molecule has 4 nitrogen and oxygen atoms in total. The van der Waals surface area contributed by atoms with Crippen LogP contribution in [-0.2, 0) is 13.2 Å². The molecule has 0 spiro atoms. The summed E-state index contributed by atoms with van der Waals surface area (Å²) in [5.74, 6) is 0.698. The van der Waals surface area contributed by atoms with Gasteiger partial charge in [-0.05, 0) is 23.3 Å². The summed E-state index contributed by atoms with van der Waals surface area (Å²) in [6.45, 7) is 3.71. The van der Waals surface area contributed by atoms with Crippen molar-refractivity contribution in [3.63, 3.8) is 0 Å². The van der Waals surface area contributed by atoms with Crippen molar-refractivity contribution in [3.8, 4) is 5.75 Å².